The first-order chi connectivity index (χ1) is 9.86. The molecule has 0 aliphatic rings. The fraction of sp³-hybridized carbons (Fsp3) is 0.571. The highest BCUT2D eigenvalue weighted by atomic mass is 35.5. The standard InChI is InChI=1S/C14H24ClN3O2S/c1-16-11-12-6-7-13(10-14(12)15)21(19,20)17-8-4-5-9-18(2)3/h6-7,10,16-17H,4-5,8-9,11H2,1-3H3. The van der Waals surface area contributed by atoms with Gasteiger partial charge in [-0.15, -0.1) is 0 Å². The fourth-order valence-corrected chi connectivity index (χ4v) is 3.28. The van der Waals surface area contributed by atoms with Gasteiger partial charge in [0, 0.05) is 18.1 Å². The minimum atomic E-state index is -3.48. The van der Waals surface area contributed by atoms with Crippen LogP contribution in [-0.2, 0) is 16.6 Å². The fourth-order valence-electron chi connectivity index (χ4n) is 1.87. The van der Waals surface area contributed by atoms with Gasteiger partial charge >= 0.3 is 0 Å². The third-order valence-electron chi connectivity index (χ3n) is 3.03. The molecular weight excluding hydrogens is 310 g/mol. The van der Waals surface area contributed by atoms with Gasteiger partial charge in [-0.1, -0.05) is 17.7 Å². The SMILES string of the molecule is CNCc1ccc(S(=O)(=O)NCCCCN(C)C)cc1Cl. The summed E-state index contributed by atoms with van der Waals surface area (Å²) in [5.74, 6) is 0. The molecule has 5 nitrogen and oxygen atoms in total. The van der Waals surface area contributed by atoms with Gasteiger partial charge in [0.15, 0.2) is 0 Å². The Balaban J connectivity index is 2.60. The molecule has 0 aliphatic carbocycles. The van der Waals surface area contributed by atoms with Crippen LogP contribution in [0.3, 0.4) is 0 Å². The van der Waals surface area contributed by atoms with Crippen molar-refractivity contribution in [3.63, 3.8) is 0 Å². The van der Waals surface area contributed by atoms with Crippen molar-refractivity contribution in [3.8, 4) is 0 Å². The molecule has 0 fully saturated rings. The Bertz CT molecular complexity index is 547. The van der Waals surface area contributed by atoms with Crippen molar-refractivity contribution < 1.29 is 8.42 Å². The summed E-state index contributed by atoms with van der Waals surface area (Å²) in [4.78, 5) is 2.29. The van der Waals surface area contributed by atoms with E-state index in [9.17, 15) is 8.42 Å². The number of hydrogen-bond donors (Lipinski definition) is 2. The number of unbranched alkanes of at least 4 members (excludes halogenated alkanes) is 1. The summed E-state index contributed by atoms with van der Waals surface area (Å²) in [5, 5.41) is 3.45. The highest BCUT2D eigenvalue weighted by Gasteiger charge is 2.14. The van der Waals surface area contributed by atoms with E-state index in [0.717, 1.165) is 24.9 Å². The Morgan fingerprint density at radius 1 is 1.24 bits per heavy atom. The van der Waals surface area contributed by atoms with E-state index in [-0.39, 0.29) is 4.90 Å². The predicted octanol–water partition coefficient (Wildman–Crippen LogP) is 1.68. The average Bonchev–Trinajstić information content (AvgIpc) is 2.40. The van der Waals surface area contributed by atoms with Crippen molar-refractivity contribution in [1.82, 2.24) is 14.9 Å². The smallest absolute Gasteiger partial charge is 0.240 e. The van der Waals surface area contributed by atoms with Gasteiger partial charge in [-0.05, 0) is 58.2 Å². The summed E-state index contributed by atoms with van der Waals surface area (Å²) in [7, 11) is 2.33. The predicted molar refractivity (Wildman–Crippen MR) is 87.2 cm³/mol. The molecule has 1 rings (SSSR count). The maximum atomic E-state index is 12.2. The van der Waals surface area contributed by atoms with Gasteiger partial charge in [-0.3, -0.25) is 0 Å². The van der Waals surface area contributed by atoms with E-state index >= 15 is 0 Å². The second-order valence-corrected chi connectivity index (χ2v) is 7.37. The molecule has 0 aromatic heterocycles. The molecule has 0 unspecified atom stereocenters. The molecule has 0 radical (unpaired) electrons. The van der Waals surface area contributed by atoms with E-state index < -0.39 is 10.0 Å². The maximum Gasteiger partial charge on any atom is 0.240 e. The van der Waals surface area contributed by atoms with Crippen LogP contribution in [0.2, 0.25) is 5.02 Å². The highest BCUT2D eigenvalue weighted by molar-refractivity contribution is 7.89. The van der Waals surface area contributed by atoms with Gasteiger partial charge in [-0.25, -0.2) is 13.1 Å². The molecule has 2 N–H and O–H groups in total. The van der Waals surface area contributed by atoms with Crippen LogP contribution >= 0.6 is 11.6 Å². The molecule has 1 aromatic rings. The molecule has 0 heterocycles. The lowest BCUT2D eigenvalue weighted by Gasteiger charge is -2.11. The molecule has 0 spiro atoms. The first-order valence-corrected chi connectivity index (χ1v) is 8.80. The van der Waals surface area contributed by atoms with E-state index in [1.54, 1.807) is 12.1 Å². The quantitative estimate of drug-likeness (QED) is 0.675. The van der Waals surface area contributed by atoms with Crippen LogP contribution in [0, 0.1) is 0 Å². The van der Waals surface area contributed by atoms with Crippen molar-refractivity contribution in [2.45, 2.75) is 24.3 Å². The topological polar surface area (TPSA) is 61.4 Å². The average molecular weight is 334 g/mol. The third-order valence-corrected chi connectivity index (χ3v) is 4.84. The summed E-state index contributed by atoms with van der Waals surface area (Å²) in [6, 6.07) is 4.82. The molecule has 1 aromatic carbocycles. The normalized spacial score (nSPS) is 12.0. The maximum absolute atomic E-state index is 12.2. The Kier molecular flexibility index (Phi) is 7.62. The van der Waals surface area contributed by atoms with Crippen molar-refractivity contribution in [2.75, 3.05) is 34.2 Å². The van der Waals surface area contributed by atoms with E-state index in [1.807, 2.05) is 21.1 Å². The van der Waals surface area contributed by atoms with Crippen molar-refractivity contribution in [2.24, 2.45) is 0 Å². The van der Waals surface area contributed by atoms with Crippen LogP contribution < -0.4 is 10.0 Å². The zero-order valence-electron chi connectivity index (χ0n) is 12.8. The van der Waals surface area contributed by atoms with Crippen LogP contribution in [0.5, 0.6) is 0 Å². The van der Waals surface area contributed by atoms with Crippen LogP contribution in [0.15, 0.2) is 23.1 Å². The molecule has 120 valence electrons. The summed E-state index contributed by atoms with van der Waals surface area (Å²) in [6.07, 6.45) is 1.76. The van der Waals surface area contributed by atoms with Crippen molar-refractivity contribution in [3.05, 3.63) is 28.8 Å². The van der Waals surface area contributed by atoms with E-state index in [1.165, 1.54) is 6.07 Å². The lowest BCUT2D eigenvalue weighted by molar-refractivity contribution is 0.394. The summed E-state index contributed by atoms with van der Waals surface area (Å²) < 4.78 is 26.9. The van der Waals surface area contributed by atoms with Crippen molar-refractivity contribution in [1.29, 1.82) is 0 Å². The first kappa shape index (κ1) is 18.4. The minimum absolute atomic E-state index is 0.208. The van der Waals surface area contributed by atoms with Gasteiger partial charge in [0.2, 0.25) is 10.0 Å². The van der Waals surface area contributed by atoms with Crippen LogP contribution in [0.25, 0.3) is 0 Å². The van der Waals surface area contributed by atoms with Crippen LogP contribution in [-0.4, -0.2) is 47.6 Å². The largest absolute Gasteiger partial charge is 0.316 e. The zero-order chi connectivity index (χ0) is 15.9. The van der Waals surface area contributed by atoms with E-state index in [4.69, 9.17) is 11.6 Å². The van der Waals surface area contributed by atoms with Crippen LogP contribution in [0.4, 0.5) is 0 Å². The van der Waals surface area contributed by atoms with E-state index in [0.29, 0.717) is 18.1 Å². The number of halogens is 1. The van der Waals surface area contributed by atoms with Gasteiger partial charge in [0.25, 0.3) is 0 Å². The third kappa shape index (κ3) is 6.32. The number of rotatable bonds is 9. The summed E-state index contributed by atoms with van der Waals surface area (Å²) >= 11 is 6.10. The number of nitrogens with one attached hydrogen (secondary N) is 2. The monoisotopic (exact) mass is 333 g/mol. The number of nitrogens with zero attached hydrogens (tertiary/aromatic N) is 1. The van der Waals surface area contributed by atoms with Crippen molar-refractivity contribution >= 4 is 21.6 Å². The molecule has 21 heavy (non-hydrogen) atoms. The zero-order valence-corrected chi connectivity index (χ0v) is 14.4. The Labute approximate surface area is 132 Å². The van der Waals surface area contributed by atoms with Crippen LogP contribution in [0.1, 0.15) is 18.4 Å². The molecule has 0 saturated heterocycles. The first-order valence-electron chi connectivity index (χ1n) is 6.94. The van der Waals surface area contributed by atoms with Gasteiger partial charge in [0.1, 0.15) is 0 Å². The molecule has 0 aliphatic heterocycles. The minimum Gasteiger partial charge on any atom is -0.316 e. The molecule has 0 atom stereocenters. The highest BCUT2D eigenvalue weighted by Crippen LogP contribution is 2.20. The second kappa shape index (κ2) is 8.70. The molecule has 7 heteroatoms. The Morgan fingerprint density at radius 3 is 2.52 bits per heavy atom. The van der Waals surface area contributed by atoms with Gasteiger partial charge in [0.05, 0.1) is 4.90 Å². The molecule has 0 amide bonds. The van der Waals surface area contributed by atoms with Gasteiger partial charge in [-0.2, -0.15) is 0 Å². The second-order valence-electron chi connectivity index (χ2n) is 5.19. The van der Waals surface area contributed by atoms with E-state index in [2.05, 4.69) is 14.9 Å². The molecular formula is C14H24ClN3O2S. The summed E-state index contributed by atoms with van der Waals surface area (Å²) in [5.41, 5.74) is 0.879. The van der Waals surface area contributed by atoms with Gasteiger partial charge < -0.3 is 10.2 Å². The number of sulfonamides is 1. The number of benzene rings is 1. The lowest BCUT2D eigenvalue weighted by Crippen LogP contribution is -2.25. The summed E-state index contributed by atoms with van der Waals surface area (Å²) in [6.45, 7) is 2.00. The number of hydrogen-bond acceptors (Lipinski definition) is 4. The molecule has 0 bridgehead atoms. The Morgan fingerprint density at radius 2 is 1.95 bits per heavy atom. The Hall–Kier alpha value is -0.660. The molecule has 0 saturated carbocycles. The lowest BCUT2D eigenvalue weighted by atomic mass is 10.2.